The Hall–Kier alpha value is -3.98. The first-order valence-electron chi connectivity index (χ1n) is 11.5. The number of methoxy groups -OCH3 is 2. The molecule has 1 amide bonds. The molecular weight excluding hydrogens is 444 g/mol. The Morgan fingerprint density at radius 3 is 2.54 bits per heavy atom. The molecule has 3 aromatic rings. The maximum Gasteiger partial charge on any atom is 0.319 e. The molecule has 9 nitrogen and oxygen atoms in total. The Labute approximate surface area is 204 Å². The molecule has 35 heavy (non-hydrogen) atoms. The third kappa shape index (κ3) is 4.67. The fraction of sp³-hybridized carbons (Fsp3) is 0.308. The minimum atomic E-state index is -0.343. The van der Waals surface area contributed by atoms with E-state index in [-0.39, 0.29) is 11.9 Å². The summed E-state index contributed by atoms with van der Waals surface area (Å²) in [5.74, 6) is 0.974. The highest BCUT2D eigenvalue weighted by Crippen LogP contribution is 2.34. The number of fused-ring (bicyclic) bond motifs is 1. The van der Waals surface area contributed by atoms with Crippen LogP contribution in [-0.4, -0.2) is 60.1 Å². The highest BCUT2D eigenvalue weighted by atomic mass is 16.5. The largest absolute Gasteiger partial charge is 0.480 e. The highest BCUT2D eigenvalue weighted by molar-refractivity contribution is 6.05. The molecule has 0 atom stereocenters. The minimum Gasteiger partial charge on any atom is -0.480 e. The maximum absolute atomic E-state index is 12.7. The van der Waals surface area contributed by atoms with Crippen LogP contribution >= 0.6 is 0 Å². The Morgan fingerprint density at radius 1 is 1.06 bits per heavy atom. The van der Waals surface area contributed by atoms with Gasteiger partial charge < -0.3 is 19.7 Å². The van der Waals surface area contributed by atoms with Crippen molar-refractivity contribution in [2.45, 2.75) is 18.8 Å². The van der Waals surface area contributed by atoms with Crippen molar-refractivity contribution in [3.05, 3.63) is 59.4 Å². The molecule has 2 aliphatic heterocycles. The van der Waals surface area contributed by atoms with E-state index in [1.165, 1.54) is 26.0 Å². The van der Waals surface area contributed by atoms with Crippen LogP contribution in [0.25, 0.3) is 17.3 Å². The van der Waals surface area contributed by atoms with Gasteiger partial charge in [-0.25, -0.2) is 15.3 Å². The lowest BCUT2D eigenvalue weighted by atomic mass is 9.89. The second kappa shape index (κ2) is 9.71. The first kappa shape index (κ1) is 22.8. The summed E-state index contributed by atoms with van der Waals surface area (Å²) in [7, 11) is 5.18. The van der Waals surface area contributed by atoms with Crippen LogP contribution in [0, 0.1) is 0 Å². The predicted molar refractivity (Wildman–Crippen MR) is 133 cm³/mol. The monoisotopic (exact) mass is 471 g/mol. The van der Waals surface area contributed by atoms with Crippen molar-refractivity contribution in [2.24, 2.45) is 0 Å². The SMILES string of the molecule is COc1ncc(-c2cc3c(c(Nc4ccc(C5CCN(C)CC5)cc4)n2)C(=O)[N]C=C3)c(OC)n1. The molecule has 0 saturated carbocycles. The van der Waals surface area contributed by atoms with Gasteiger partial charge in [0, 0.05) is 18.1 Å². The quantitative estimate of drug-likeness (QED) is 0.578. The fourth-order valence-corrected chi connectivity index (χ4v) is 4.50. The normalized spacial score (nSPS) is 15.9. The maximum atomic E-state index is 12.7. The van der Waals surface area contributed by atoms with Crippen LogP contribution in [0.2, 0.25) is 0 Å². The standard InChI is InChI=1S/C26H27N6O3/c1-32-12-9-17(10-13-32)16-4-6-19(7-5-16)29-23-22-18(8-11-27-24(22)33)14-21(30-23)20-15-28-26(35-3)31-25(20)34-2/h4-8,11,14-15,17H,9-10,12-13H2,1-3H3,(H,29,30). The molecule has 5 rings (SSSR count). The van der Waals surface area contributed by atoms with E-state index in [1.807, 2.05) is 12.1 Å². The van der Waals surface area contributed by atoms with Crippen LogP contribution in [0.15, 0.2) is 42.7 Å². The van der Waals surface area contributed by atoms with Gasteiger partial charge in [-0.2, -0.15) is 4.98 Å². The van der Waals surface area contributed by atoms with Crippen LogP contribution in [-0.2, 0) is 0 Å². The number of likely N-dealkylation sites (tertiary alicyclic amines) is 1. The smallest absolute Gasteiger partial charge is 0.319 e. The summed E-state index contributed by atoms with van der Waals surface area (Å²) in [5, 5.41) is 7.27. The molecule has 2 aliphatic rings. The second-order valence-electron chi connectivity index (χ2n) is 8.67. The van der Waals surface area contributed by atoms with E-state index in [0.29, 0.717) is 40.0 Å². The van der Waals surface area contributed by atoms with Crippen molar-refractivity contribution in [1.29, 1.82) is 0 Å². The number of carbonyl (C=O) groups excluding carboxylic acids is 1. The van der Waals surface area contributed by atoms with Gasteiger partial charge in [0.15, 0.2) is 0 Å². The number of ether oxygens (including phenoxy) is 2. The molecular formula is C26H27N6O3. The zero-order chi connectivity index (χ0) is 24.4. The number of carbonyl (C=O) groups is 1. The summed E-state index contributed by atoms with van der Waals surface area (Å²) in [6, 6.07) is 10.4. The average Bonchev–Trinajstić information content (AvgIpc) is 2.89. The zero-order valence-corrected chi connectivity index (χ0v) is 20.0. The number of benzene rings is 1. The van der Waals surface area contributed by atoms with Crippen molar-refractivity contribution in [3.8, 4) is 23.1 Å². The summed E-state index contributed by atoms with van der Waals surface area (Å²) < 4.78 is 10.6. The fourth-order valence-electron chi connectivity index (χ4n) is 4.50. The molecule has 0 unspecified atom stereocenters. The van der Waals surface area contributed by atoms with Crippen molar-refractivity contribution < 1.29 is 14.3 Å². The molecule has 0 aliphatic carbocycles. The van der Waals surface area contributed by atoms with Gasteiger partial charge in [-0.1, -0.05) is 12.1 Å². The Kier molecular flexibility index (Phi) is 6.33. The van der Waals surface area contributed by atoms with Gasteiger partial charge in [-0.05, 0) is 74.3 Å². The first-order valence-corrected chi connectivity index (χ1v) is 11.5. The molecule has 2 aromatic heterocycles. The van der Waals surface area contributed by atoms with Gasteiger partial charge >= 0.3 is 6.01 Å². The summed E-state index contributed by atoms with van der Waals surface area (Å²) in [4.78, 5) is 28.3. The Morgan fingerprint density at radius 2 is 1.83 bits per heavy atom. The van der Waals surface area contributed by atoms with Crippen molar-refractivity contribution in [2.75, 3.05) is 39.7 Å². The van der Waals surface area contributed by atoms with Crippen LogP contribution in [0.5, 0.6) is 11.9 Å². The number of amides is 1. The molecule has 4 heterocycles. The van der Waals surface area contributed by atoms with Crippen molar-refractivity contribution >= 4 is 23.5 Å². The first-order chi connectivity index (χ1) is 17.1. The summed E-state index contributed by atoms with van der Waals surface area (Å²) in [5.41, 5.74) is 4.45. The number of rotatable bonds is 6. The number of hydrogen-bond acceptors (Lipinski definition) is 8. The van der Waals surface area contributed by atoms with E-state index in [0.717, 1.165) is 31.6 Å². The van der Waals surface area contributed by atoms with E-state index < -0.39 is 0 Å². The van der Waals surface area contributed by atoms with E-state index in [2.05, 4.69) is 44.7 Å². The van der Waals surface area contributed by atoms with Crippen LogP contribution in [0.3, 0.4) is 0 Å². The van der Waals surface area contributed by atoms with Crippen LogP contribution in [0.1, 0.15) is 40.2 Å². The summed E-state index contributed by atoms with van der Waals surface area (Å²) in [6.45, 7) is 2.23. The van der Waals surface area contributed by atoms with E-state index in [4.69, 9.17) is 14.5 Å². The van der Waals surface area contributed by atoms with Gasteiger partial charge in [0.05, 0.1) is 31.0 Å². The number of piperidine rings is 1. The number of hydrogen-bond donors (Lipinski definition) is 1. The van der Waals surface area contributed by atoms with E-state index in [1.54, 1.807) is 18.3 Å². The molecule has 179 valence electrons. The molecule has 9 heteroatoms. The molecule has 1 radical (unpaired) electrons. The van der Waals surface area contributed by atoms with Crippen LogP contribution in [0.4, 0.5) is 11.5 Å². The van der Waals surface area contributed by atoms with Gasteiger partial charge in [-0.3, -0.25) is 4.79 Å². The molecule has 1 saturated heterocycles. The second-order valence-corrected chi connectivity index (χ2v) is 8.67. The highest BCUT2D eigenvalue weighted by Gasteiger charge is 2.24. The van der Waals surface area contributed by atoms with Crippen molar-refractivity contribution in [1.82, 2.24) is 25.2 Å². The Bertz CT molecular complexity index is 1270. The summed E-state index contributed by atoms with van der Waals surface area (Å²) >= 11 is 0. The molecule has 1 aromatic carbocycles. The van der Waals surface area contributed by atoms with E-state index >= 15 is 0 Å². The minimum absolute atomic E-state index is 0.195. The number of nitrogens with zero attached hydrogens (tertiary/aromatic N) is 5. The van der Waals surface area contributed by atoms with Crippen LogP contribution < -0.4 is 20.1 Å². The third-order valence-corrected chi connectivity index (χ3v) is 6.46. The van der Waals surface area contributed by atoms with Gasteiger partial charge in [0.25, 0.3) is 5.91 Å². The number of nitrogens with one attached hydrogen (secondary N) is 1. The topological polar surface area (TPSA) is 104 Å². The molecule has 1 N–H and O–H groups in total. The average molecular weight is 472 g/mol. The van der Waals surface area contributed by atoms with E-state index in [9.17, 15) is 4.79 Å². The predicted octanol–water partition coefficient (Wildman–Crippen LogP) is 3.84. The number of anilines is 2. The zero-order valence-electron chi connectivity index (χ0n) is 20.0. The lowest BCUT2D eigenvalue weighted by Crippen LogP contribution is -2.29. The lowest BCUT2D eigenvalue weighted by Gasteiger charge is -2.29. The molecule has 1 fully saturated rings. The van der Waals surface area contributed by atoms with Gasteiger partial charge in [0.2, 0.25) is 5.88 Å². The van der Waals surface area contributed by atoms with Gasteiger partial charge in [0.1, 0.15) is 5.82 Å². The van der Waals surface area contributed by atoms with Gasteiger partial charge in [-0.15, -0.1) is 0 Å². The summed E-state index contributed by atoms with van der Waals surface area (Å²) in [6.07, 6.45) is 7.20. The number of pyridine rings is 1. The lowest BCUT2D eigenvalue weighted by molar-refractivity contribution is 0.0965. The number of aromatic nitrogens is 3. The molecule has 0 spiro atoms. The van der Waals surface area contributed by atoms with Crippen molar-refractivity contribution in [3.63, 3.8) is 0 Å². The Balaban J connectivity index is 1.49. The molecule has 0 bridgehead atoms. The third-order valence-electron chi connectivity index (χ3n) is 6.46.